The van der Waals surface area contributed by atoms with Gasteiger partial charge >= 0.3 is 0 Å². The first-order valence-electron chi connectivity index (χ1n) is 5.97. The van der Waals surface area contributed by atoms with Crippen LogP contribution in [0.4, 0.5) is 5.82 Å². The molecule has 0 atom stereocenters. The SMILES string of the molecule is O=C(CCn1cncn1)Nc1cccc(C#CCO)n1. The van der Waals surface area contributed by atoms with E-state index in [-0.39, 0.29) is 18.9 Å². The van der Waals surface area contributed by atoms with E-state index >= 15 is 0 Å². The number of rotatable bonds is 4. The molecule has 0 bridgehead atoms. The van der Waals surface area contributed by atoms with Crippen LogP contribution in [0, 0.1) is 11.8 Å². The number of aliphatic hydroxyl groups is 1. The van der Waals surface area contributed by atoms with Crippen LogP contribution in [0.2, 0.25) is 0 Å². The summed E-state index contributed by atoms with van der Waals surface area (Å²) in [6.07, 6.45) is 3.25. The van der Waals surface area contributed by atoms with E-state index in [9.17, 15) is 4.79 Å². The fourth-order valence-electron chi connectivity index (χ4n) is 1.47. The van der Waals surface area contributed by atoms with E-state index in [0.29, 0.717) is 18.1 Å². The largest absolute Gasteiger partial charge is 0.384 e. The normalized spacial score (nSPS) is 9.65. The van der Waals surface area contributed by atoms with Crippen LogP contribution in [0.15, 0.2) is 30.9 Å². The van der Waals surface area contributed by atoms with Crippen LogP contribution < -0.4 is 5.32 Å². The summed E-state index contributed by atoms with van der Waals surface area (Å²) < 4.78 is 1.58. The molecule has 0 aliphatic carbocycles. The third kappa shape index (κ3) is 4.19. The first-order chi connectivity index (χ1) is 9.78. The van der Waals surface area contributed by atoms with Crippen LogP contribution in [-0.2, 0) is 11.3 Å². The summed E-state index contributed by atoms with van der Waals surface area (Å²) in [5, 5.41) is 15.2. The number of nitrogens with one attached hydrogen (secondary N) is 1. The Morgan fingerprint density at radius 3 is 3.10 bits per heavy atom. The summed E-state index contributed by atoms with van der Waals surface area (Å²) in [6, 6.07) is 5.12. The average Bonchev–Trinajstić information content (AvgIpc) is 2.97. The molecule has 0 aromatic carbocycles. The Bertz CT molecular complexity index is 628. The Labute approximate surface area is 115 Å². The molecule has 2 N–H and O–H groups in total. The van der Waals surface area contributed by atoms with E-state index < -0.39 is 0 Å². The number of aliphatic hydroxyl groups excluding tert-OH is 1. The number of anilines is 1. The fourth-order valence-corrected chi connectivity index (χ4v) is 1.47. The molecule has 0 saturated heterocycles. The molecular formula is C13H13N5O2. The summed E-state index contributed by atoms with van der Waals surface area (Å²) in [6.45, 7) is 0.228. The molecule has 7 heteroatoms. The van der Waals surface area contributed by atoms with Crippen molar-refractivity contribution >= 4 is 11.7 Å². The lowest BCUT2D eigenvalue weighted by atomic mass is 10.3. The molecule has 20 heavy (non-hydrogen) atoms. The van der Waals surface area contributed by atoms with Crippen molar-refractivity contribution < 1.29 is 9.90 Å². The Morgan fingerprint density at radius 1 is 1.45 bits per heavy atom. The molecular weight excluding hydrogens is 258 g/mol. The number of carbonyl (C=O) groups is 1. The molecule has 2 aromatic heterocycles. The van der Waals surface area contributed by atoms with Gasteiger partial charge in [0.25, 0.3) is 0 Å². The topological polar surface area (TPSA) is 92.9 Å². The number of pyridine rings is 1. The van der Waals surface area contributed by atoms with Crippen LogP contribution in [0.1, 0.15) is 12.1 Å². The monoisotopic (exact) mass is 271 g/mol. The highest BCUT2D eigenvalue weighted by atomic mass is 16.2. The van der Waals surface area contributed by atoms with Gasteiger partial charge in [-0.1, -0.05) is 12.0 Å². The van der Waals surface area contributed by atoms with Crippen molar-refractivity contribution in [1.82, 2.24) is 19.7 Å². The highest BCUT2D eigenvalue weighted by Gasteiger charge is 2.04. The molecule has 7 nitrogen and oxygen atoms in total. The van der Waals surface area contributed by atoms with Gasteiger partial charge in [0.05, 0.1) is 6.54 Å². The molecule has 1 amide bonds. The lowest BCUT2D eigenvalue weighted by Crippen LogP contribution is -2.15. The maximum atomic E-state index is 11.7. The number of carbonyl (C=O) groups excluding carboxylic acids is 1. The van der Waals surface area contributed by atoms with E-state index in [2.05, 4.69) is 32.2 Å². The third-order valence-electron chi connectivity index (χ3n) is 2.35. The Morgan fingerprint density at radius 2 is 2.35 bits per heavy atom. The third-order valence-corrected chi connectivity index (χ3v) is 2.35. The van der Waals surface area contributed by atoms with E-state index in [1.54, 1.807) is 29.2 Å². The predicted molar refractivity (Wildman–Crippen MR) is 71.5 cm³/mol. The molecule has 0 spiro atoms. The van der Waals surface area contributed by atoms with Gasteiger partial charge in [-0.05, 0) is 18.1 Å². The van der Waals surface area contributed by atoms with Crippen molar-refractivity contribution in [1.29, 1.82) is 0 Å². The first-order valence-corrected chi connectivity index (χ1v) is 5.97. The van der Waals surface area contributed by atoms with Crippen molar-refractivity contribution in [2.75, 3.05) is 11.9 Å². The van der Waals surface area contributed by atoms with Gasteiger partial charge in [0.1, 0.15) is 30.8 Å². The maximum Gasteiger partial charge on any atom is 0.227 e. The Hall–Kier alpha value is -2.72. The van der Waals surface area contributed by atoms with E-state index in [0.717, 1.165) is 0 Å². The van der Waals surface area contributed by atoms with Crippen molar-refractivity contribution in [2.24, 2.45) is 0 Å². The van der Waals surface area contributed by atoms with Gasteiger partial charge in [-0.15, -0.1) is 0 Å². The smallest absolute Gasteiger partial charge is 0.227 e. The minimum absolute atomic E-state index is 0.166. The summed E-state index contributed by atoms with van der Waals surface area (Å²) in [7, 11) is 0. The molecule has 2 heterocycles. The number of aryl methyl sites for hydroxylation is 1. The lowest BCUT2D eigenvalue weighted by Gasteiger charge is -2.04. The van der Waals surface area contributed by atoms with E-state index in [1.807, 2.05) is 0 Å². The fraction of sp³-hybridized carbons (Fsp3) is 0.231. The van der Waals surface area contributed by atoms with Gasteiger partial charge in [-0.2, -0.15) is 5.10 Å². The Kier molecular flexibility index (Phi) is 4.81. The molecule has 0 unspecified atom stereocenters. The van der Waals surface area contributed by atoms with Crippen LogP contribution >= 0.6 is 0 Å². The van der Waals surface area contributed by atoms with E-state index in [4.69, 9.17) is 5.11 Å². The zero-order valence-electron chi connectivity index (χ0n) is 10.7. The van der Waals surface area contributed by atoms with Gasteiger partial charge in [-0.3, -0.25) is 9.48 Å². The maximum absolute atomic E-state index is 11.7. The van der Waals surface area contributed by atoms with Crippen molar-refractivity contribution in [3.8, 4) is 11.8 Å². The van der Waals surface area contributed by atoms with Crippen LogP contribution in [0.25, 0.3) is 0 Å². The van der Waals surface area contributed by atoms with Crippen molar-refractivity contribution in [3.05, 3.63) is 36.5 Å². The highest BCUT2D eigenvalue weighted by molar-refractivity contribution is 5.89. The van der Waals surface area contributed by atoms with Crippen LogP contribution in [0.3, 0.4) is 0 Å². The minimum atomic E-state index is -0.226. The summed E-state index contributed by atoms with van der Waals surface area (Å²) >= 11 is 0. The highest BCUT2D eigenvalue weighted by Crippen LogP contribution is 2.04. The molecule has 2 rings (SSSR count). The van der Waals surface area contributed by atoms with Gasteiger partial charge < -0.3 is 10.4 Å². The van der Waals surface area contributed by atoms with E-state index in [1.165, 1.54) is 6.33 Å². The number of nitrogens with zero attached hydrogens (tertiary/aromatic N) is 4. The number of aromatic nitrogens is 4. The Balaban J connectivity index is 1.90. The molecule has 102 valence electrons. The number of hydrogen-bond donors (Lipinski definition) is 2. The quantitative estimate of drug-likeness (QED) is 0.766. The zero-order valence-corrected chi connectivity index (χ0v) is 10.7. The standard InChI is InChI=1S/C13H13N5O2/c19-8-2-4-11-3-1-5-12(16-11)17-13(20)6-7-18-10-14-9-15-18/h1,3,5,9-10,19H,6-8H2,(H,16,17,20). The zero-order chi connectivity index (χ0) is 14.2. The summed E-state index contributed by atoms with van der Waals surface area (Å²) in [4.78, 5) is 19.7. The predicted octanol–water partition coefficient (Wildman–Crippen LogP) is 0.0457. The van der Waals surface area contributed by atoms with Crippen molar-refractivity contribution in [2.45, 2.75) is 13.0 Å². The van der Waals surface area contributed by atoms with Gasteiger partial charge in [-0.25, -0.2) is 9.97 Å². The molecule has 0 fully saturated rings. The summed E-state index contributed by atoms with van der Waals surface area (Å²) in [5.41, 5.74) is 0.494. The second-order valence-electron chi connectivity index (χ2n) is 3.82. The van der Waals surface area contributed by atoms with Crippen LogP contribution in [-0.4, -0.2) is 37.4 Å². The molecule has 2 aromatic rings. The van der Waals surface area contributed by atoms with Gasteiger partial charge in [0.15, 0.2) is 0 Å². The lowest BCUT2D eigenvalue weighted by molar-refractivity contribution is -0.116. The van der Waals surface area contributed by atoms with Gasteiger partial charge in [0, 0.05) is 6.42 Å². The molecule has 0 saturated carbocycles. The molecule has 0 radical (unpaired) electrons. The molecule has 0 aliphatic heterocycles. The number of amides is 1. The average molecular weight is 271 g/mol. The molecule has 0 aliphatic rings. The first kappa shape index (κ1) is 13.7. The minimum Gasteiger partial charge on any atom is -0.384 e. The second kappa shape index (κ2) is 7.01. The van der Waals surface area contributed by atoms with Crippen LogP contribution in [0.5, 0.6) is 0 Å². The second-order valence-corrected chi connectivity index (χ2v) is 3.82. The summed E-state index contributed by atoms with van der Waals surface area (Å²) in [5.74, 6) is 5.44. The van der Waals surface area contributed by atoms with Gasteiger partial charge in [0.2, 0.25) is 5.91 Å². The van der Waals surface area contributed by atoms with Crippen molar-refractivity contribution in [3.63, 3.8) is 0 Å². The number of hydrogen-bond acceptors (Lipinski definition) is 5.